The lowest BCUT2D eigenvalue weighted by Crippen LogP contribution is -2.43. The van der Waals surface area contributed by atoms with E-state index in [-0.39, 0.29) is 11.0 Å². The van der Waals surface area contributed by atoms with Crippen molar-refractivity contribution < 1.29 is 4.79 Å². The highest BCUT2D eigenvalue weighted by Gasteiger charge is 2.42. The van der Waals surface area contributed by atoms with E-state index in [2.05, 4.69) is 18.7 Å². The second kappa shape index (κ2) is 4.46. The van der Waals surface area contributed by atoms with Gasteiger partial charge in [0, 0.05) is 5.25 Å². The molecule has 1 aliphatic carbocycles. The lowest BCUT2D eigenvalue weighted by atomic mass is 9.69. The predicted octanol–water partition coefficient (Wildman–Crippen LogP) is 3.16. The Bertz CT molecular complexity index is 410. The van der Waals surface area contributed by atoms with Gasteiger partial charge in [-0.3, -0.25) is 4.79 Å². The summed E-state index contributed by atoms with van der Waals surface area (Å²) < 4.78 is 0. The third-order valence-corrected chi connectivity index (χ3v) is 4.06. The summed E-state index contributed by atoms with van der Waals surface area (Å²) in [5.74, 6) is 0.211. The third kappa shape index (κ3) is 1.71. The number of rotatable bonds is 2. The highest BCUT2D eigenvalue weighted by Crippen LogP contribution is 2.40. The molecule has 0 N–H and O–H groups in total. The quantitative estimate of drug-likeness (QED) is 0.612. The number of allylic oxidation sites excluding steroid dienone is 1. The molecule has 1 aliphatic rings. The Morgan fingerprint density at radius 1 is 1.38 bits per heavy atom. The Kier molecular flexibility index (Phi) is 3.20. The molecule has 16 heavy (non-hydrogen) atoms. The number of benzene rings is 1. The fourth-order valence-electron chi connectivity index (χ4n) is 2.49. The fourth-order valence-corrected chi connectivity index (χ4v) is 3.07. The number of hydrogen-bond acceptors (Lipinski definition) is 2. The normalized spacial score (nSPS) is 29.0. The molecular formula is C14H16OS. The largest absolute Gasteiger partial charge is 0.299 e. The third-order valence-electron chi connectivity index (χ3n) is 3.45. The number of ketones is 1. The Morgan fingerprint density at radius 3 is 2.62 bits per heavy atom. The minimum atomic E-state index is -0.431. The summed E-state index contributed by atoms with van der Waals surface area (Å²) in [5.41, 5.74) is 0.658. The van der Waals surface area contributed by atoms with Crippen LogP contribution in [-0.2, 0) is 10.2 Å². The Balaban J connectivity index is 2.52. The van der Waals surface area contributed by atoms with Gasteiger partial charge < -0.3 is 0 Å². The van der Waals surface area contributed by atoms with Gasteiger partial charge in [0.1, 0.15) is 5.78 Å². The van der Waals surface area contributed by atoms with E-state index in [1.807, 2.05) is 36.4 Å². The second-order valence-corrected chi connectivity index (χ2v) is 4.86. The Hall–Kier alpha value is -1.02. The molecule has 0 radical (unpaired) electrons. The van der Waals surface area contributed by atoms with Gasteiger partial charge in [0.25, 0.3) is 0 Å². The molecule has 0 amide bonds. The van der Waals surface area contributed by atoms with Gasteiger partial charge in [0.05, 0.1) is 5.41 Å². The maximum Gasteiger partial charge on any atom is 0.141 e. The molecule has 1 aromatic rings. The first-order valence-corrected chi connectivity index (χ1v) is 6.11. The second-order valence-electron chi connectivity index (χ2n) is 4.31. The molecule has 0 saturated heterocycles. The highest BCUT2D eigenvalue weighted by molar-refractivity contribution is 7.81. The van der Waals surface area contributed by atoms with Crippen molar-refractivity contribution in [3.63, 3.8) is 0 Å². The standard InChI is InChI=1S/C14H16OS/c1-11(15)14(10-6-5-9-13(14)16)12-7-3-2-4-8-12/h2-5,7-9,13,16H,6,10H2,1H3. The van der Waals surface area contributed by atoms with Crippen LogP contribution in [0.15, 0.2) is 42.5 Å². The SMILES string of the molecule is CC(=O)C1(c2ccccc2)CCC=CC1S. The zero-order valence-corrected chi connectivity index (χ0v) is 10.3. The molecule has 84 valence electrons. The number of hydrogen-bond donors (Lipinski definition) is 1. The van der Waals surface area contributed by atoms with Gasteiger partial charge >= 0.3 is 0 Å². The van der Waals surface area contributed by atoms with Crippen molar-refractivity contribution in [2.24, 2.45) is 0 Å². The van der Waals surface area contributed by atoms with Crippen molar-refractivity contribution in [1.29, 1.82) is 0 Å². The first-order chi connectivity index (χ1) is 7.68. The monoisotopic (exact) mass is 232 g/mol. The van der Waals surface area contributed by atoms with Crippen LogP contribution < -0.4 is 0 Å². The molecule has 0 heterocycles. The topological polar surface area (TPSA) is 17.1 Å². The molecular weight excluding hydrogens is 216 g/mol. The van der Waals surface area contributed by atoms with Crippen molar-refractivity contribution in [3.05, 3.63) is 48.0 Å². The molecule has 0 saturated carbocycles. The van der Waals surface area contributed by atoms with Gasteiger partial charge in [0.2, 0.25) is 0 Å². The van der Waals surface area contributed by atoms with E-state index in [1.165, 1.54) is 0 Å². The highest BCUT2D eigenvalue weighted by atomic mass is 32.1. The summed E-state index contributed by atoms with van der Waals surface area (Å²) in [4.78, 5) is 12.0. The number of carbonyl (C=O) groups excluding carboxylic acids is 1. The van der Waals surface area contributed by atoms with E-state index in [4.69, 9.17) is 0 Å². The molecule has 2 heteroatoms. The van der Waals surface area contributed by atoms with Crippen molar-refractivity contribution in [1.82, 2.24) is 0 Å². The number of Topliss-reactive ketones (excluding diaryl/α,β-unsaturated/α-hetero) is 1. The van der Waals surface area contributed by atoms with Crippen molar-refractivity contribution in [3.8, 4) is 0 Å². The number of carbonyl (C=O) groups is 1. The molecule has 1 nitrogen and oxygen atoms in total. The van der Waals surface area contributed by atoms with E-state index in [1.54, 1.807) is 6.92 Å². The lowest BCUT2D eigenvalue weighted by Gasteiger charge is -2.37. The average Bonchev–Trinajstić information content (AvgIpc) is 2.30. The molecule has 0 aliphatic heterocycles. The zero-order chi connectivity index (χ0) is 11.6. The van der Waals surface area contributed by atoms with Gasteiger partial charge in [-0.25, -0.2) is 0 Å². The average molecular weight is 232 g/mol. The molecule has 2 rings (SSSR count). The van der Waals surface area contributed by atoms with Gasteiger partial charge in [-0.15, -0.1) is 0 Å². The summed E-state index contributed by atoms with van der Waals surface area (Å²) in [6.07, 6.45) is 5.96. The number of thiol groups is 1. The summed E-state index contributed by atoms with van der Waals surface area (Å²) in [5, 5.41) is -0.0128. The summed E-state index contributed by atoms with van der Waals surface area (Å²) in [6.45, 7) is 1.68. The fraction of sp³-hybridized carbons (Fsp3) is 0.357. The first-order valence-electron chi connectivity index (χ1n) is 5.59. The maximum atomic E-state index is 12.0. The van der Waals surface area contributed by atoms with E-state index < -0.39 is 5.41 Å². The van der Waals surface area contributed by atoms with Crippen molar-refractivity contribution >= 4 is 18.4 Å². The van der Waals surface area contributed by atoms with Crippen molar-refractivity contribution in [2.75, 3.05) is 0 Å². The summed E-state index contributed by atoms with van der Waals surface area (Å²) in [6, 6.07) is 10.0. The first kappa shape index (κ1) is 11.5. The molecule has 2 unspecified atom stereocenters. The van der Waals surface area contributed by atoms with Crippen molar-refractivity contribution in [2.45, 2.75) is 30.4 Å². The van der Waals surface area contributed by atoms with Gasteiger partial charge in [-0.1, -0.05) is 42.5 Å². The van der Waals surface area contributed by atoms with Crippen LogP contribution in [0.3, 0.4) is 0 Å². The van der Waals surface area contributed by atoms with Gasteiger partial charge in [-0.05, 0) is 25.3 Å². The Labute approximate surface area is 102 Å². The van der Waals surface area contributed by atoms with Gasteiger partial charge in [-0.2, -0.15) is 12.6 Å². The lowest BCUT2D eigenvalue weighted by molar-refractivity contribution is -0.122. The maximum absolute atomic E-state index is 12.0. The van der Waals surface area contributed by atoms with E-state index in [9.17, 15) is 4.79 Å². The van der Waals surface area contributed by atoms with E-state index in [0.717, 1.165) is 18.4 Å². The molecule has 2 atom stereocenters. The molecule has 0 aromatic heterocycles. The zero-order valence-electron chi connectivity index (χ0n) is 9.39. The van der Waals surface area contributed by atoms with Crippen LogP contribution in [0, 0.1) is 0 Å². The van der Waals surface area contributed by atoms with Crippen LogP contribution in [0.4, 0.5) is 0 Å². The van der Waals surface area contributed by atoms with Crippen LogP contribution in [0.5, 0.6) is 0 Å². The smallest absolute Gasteiger partial charge is 0.141 e. The molecule has 1 aromatic carbocycles. The molecule has 0 fully saturated rings. The van der Waals surface area contributed by atoms with Crippen LogP contribution in [-0.4, -0.2) is 11.0 Å². The predicted molar refractivity (Wildman–Crippen MR) is 69.9 cm³/mol. The molecule has 0 spiro atoms. The van der Waals surface area contributed by atoms with Crippen LogP contribution in [0.2, 0.25) is 0 Å². The van der Waals surface area contributed by atoms with E-state index >= 15 is 0 Å². The molecule has 0 bridgehead atoms. The van der Waals surface area contributed by atoms with Crippen LogP contribution >= 0.6 is 12.6 Å². The summed E-state index contributed by atoms with van der Waals surface area (Å²) in [7, 11) is 0. The van der Waals surface area contributed by atoms with Crippen LogP contribution in [0.25, 0.3) is 0 Å². The minimum absolute atomic E-state index is 0.0128. The minimum Gasteiger partial charge on any atom is -0.299 e. The van der Waals surface area contributed by atoms with E-state index in [0.29, 0.717) is 0 Å². The Morgan fingerprint density at radius 2 is 2.06 bits per heavy atom. The van der Waals surface area contributed by atoms with Gasteiger partial charge in [0.15, 0.2) is 0 Å². The summed E-state index contributed by atoms with van der Waals surface area (Å²) >= 11 is 4.59. The van der Waals surface area contributed by atoms with Crippen LogP contribution in [0.1, 0.15) is 25.3 Å².